The molecule has 0 amide bonds. The van der Waals surface area contributed by atoms with Gasteiger partial charge in [-0.3, -0.25) is 0 Å². The number of furan rings is 1. The zero-order valence-electron chi connectivity index (χ0n) is 26.4. The zero-order valence-corrected chi connectivity index (χ0v) is 26.4. The number of hydrogen-bond acceptors (Lipinski definition) is 5. The Morgan fingerprint density at radius 2 is 1.12 bits per heavy atom. The Kier molecular flexibility index (Phi) is 6.18. The van der Waals surface area contributed by atoms with Gasteiger partial charge in [-0.15, -0.1) is 0 Å². The van der Waals surface area contributed by atoms with Crippen LogP contribution in [0.25, 0.3) is 82.8 Å². The Labute approximate surface area is 282 Å². The standard InChI is InChI=1S/C44H28N4O/c1-2-11-30(12-3-1)42-46-43(33-22-17-27-9-4-5-13-31(27)23-33)48-44(47-42)38-25-45-26-39-40(38)36-16-8-15-35(41(36)49-39)32-21-20-29-19-18-28-10-6-7-14-34(28)37(29)24-32/h1-25,45H,26H2. The van der Waals surface area contributed by atoms with Crippen molar-refractivity contribution in [1.29, 1.82) is 0 Å². The molecule has 0 bridgehead atoms. The highest BCUT2D eigenvalue weighted by Crippen LogP contribution is 2.41. The first-order chi connectivity index (χ1) is 24.3. The maximum Gasteiger partial charge on any atom is 0.166 e. The molecular weight excluding hydrogens is 601 g/mol. The summed E-state index contributed by atoms with van der Waals surface area (Å²) in [5.74, 6) is 2.70. The third-order valence-corrected chi connectivity index (χ3v) is 9.54. The highest BCUT2D eigenvalue weighted by Gasteiger charge is 2.26. The molecule has 49 heavy (non-hydrogen) atoms. The summed E-state index contributed by atoms with van der Waals surface area (Å²) in [5.41, 5.74) is 6.78. The summed E-state index contributed by atoms with van der Waals surface area (Å²) in [6.07, 6.45) is 2.01. The Balaban J connectivity index is 1.15. The molecule has 9 aromatic rings. The van der Waals surface area contributed by atoms with Crippen LogP contribution in [0.3, 0.4) is 0 Å². The SMILES string of the molecule is C1=C(c2nc(-c3ccccc3)nc(-c3ccc4ccccc4c3)n2)c2c(oc3c(-c4ccc5ccc6ccccc6c5c4)cccc23)CN1. The molecule has 0 spiro atoms. The predicted molar refractivity (Wildman–Crippen MR) is 199 cm³/mol. The van der Waals surface area contributed by atoms with Crippen LogP contribution >= 0.6 is 0 Å². The quantitative estimate of drug-likeness (QED) is 0.197. The van der Waals surface area contributed by atoms with E-state index in [1.54, 1.807) is 0 Å². The minimum atomic E-state index is 0.573. The molecule has 1 aliphatic rings. The van der Waals surface area contributed by atoms with E-state index in [9.17, 15) is 0 Å². The van der Waals surface area contributed by atoms with E-state index < -0.39 is 0 Å². The van der Waals surface area contributed by atoms with Gasteiger partial charge in [-0.2, -0.15) is 0 Å². The largest absolute Gasteiger partial charge is 0.458 e. The third-order valence-electron chi connectivity index (χ3n) is 9.54. The molecule has 10 rings (SSSR count). The topological polar surface area (TPSA) is 63.8 Å². The van der Waals surface area contributed by atoms with Crippen LogP contribution in [-0.4, -0.2) is 15.0 Å². The average molecular weight is 629 g/mol. The highest BCUT2D eigenvalue weighted by molar-refractivity contribution is 6.10. The van der Waals surface area contributed by atoms with Crippen molar-refractivity contribution in [2.45, 2.75) is 6.54 Å². The molecule has 3 heterocycles. The predicted octanol–water partition coefficient (Wildman–Crippen LogP) is 10.6. The molecule has 0 saturated heterocycles. The van der Waals surface area contributed by atoms with Gasteiger partial charge < -0.3 is 9.73 Å². The summed E-state index contributed by atoms with van der Waals surface area (Å²) >= 11 is 0. The summed E-state index contributed by atoms with van der Waals surface area (Å²) in [5, 5.41) is 11.7. The Bertz CT molecular complexity index is 2780. The number of fused-ring (bicyclic) bond motifs is 7. The lowest BCUT2D eigenvalue weighted by molar-refractivity contribution is 0.532. The van der Waals surface area contributed by atoms with E-state index in [4.69, 9.17) is 19.4 Å². The number of rotatable bonds is 4. The van der Waals surface area contributed by atoms with Crippen LogP contribution in [0.4, 0.5) is 0 Å². The number of hydrogen-bond donors (Lipinski definition) is 1. The van der Waals surface area contributed by atoms with Crippen molar-refractivity contribution in [3.8, 4) is 33.9 Å². The smallest absolute Gasteiger partial charge is 0.166 e. The molecule has 0 aliphatic carbocycles. The number of nitrogens with one attached hydrogen (secondary N) is 1. The Hall–Kier alpha value is -6.59. The number of benzene rings is 7. The first-order valence-electron chi connectivity index (χ1n) is 16.5. The summed E-state index contributed by atoms with van der Waals surface area (Å²) in [6.45, 7) is 0.573. The number of aromatic nitrogens is 3. The molecule has 1 N–H and O–H groups in total. The van der Waals surface area contributed by atoms with Crippen LogP contribution in [0.15, 0.2) is 156 Å². The van der Waals surface area contributed by atoms with E-state index in [2.05, 4.69) is 121 Å². The van der Waals surface area contributed by atoms with Gasteiger partial charge in [-0.1, -0.05) is 133 Å². The van der Waals surface area contributed by atoms with Crippen molar-refractivity contribution in [3.63, 3.8) is 0 Å². The van der Waals surface area contributed by atoms with Gasteiger partial charge >= 0.3 is 0 Å². The lowest BCUT2D eigenvalue weighted by Gasteiger charge is -2.15. The molecule has 1 aliphatic heterocycles. The van der Waals surface area contributed by atoms with Crippen LogP contribution in [0.1, 0.15) is 17.1 Å². The lowest BCUT2D eigenvalue weighted by atomic mass is 9.94. The zero-order chi connectivity index (χ0) is 32.3. The Morgan fingerprint density at radius 3 is 2.00 bits per heavy atom. The van der Waals surface area contributed by atoms with Crippen molar-refractivity contribution in [3.05, 3.63) is 169 Å². The maximum absolute atomic E-state index is 6.73. The van der Waals surface area contributed by atoms with Crippen LogP contribution < -0.4 is 5.32 Å². The van der Waals surface area contributed by atoms with Gasteiger partial charge in [0.1, 0.15) is 11.3 Å². The monoisotopic (exact) mass is 628 g/mol. The second kappa shape index (κ2) is 11.0. The molecular formula is C44H28N4O. The van der Waals surface area contributed by atoms with E-state index in [1.165, 1.54) is 26.9 Å². The molecule has 230 valence electrons. The summed E-state index contributed by atoms with van der Waals surface area (Å²) < 4.78 is 6.73. The minimum Gasteiger partial charge on any atom is -0.458 e. The summed E-state index contributed by atoms with van der Waals surface area (Å²) in [7, 11) is 0. The molecule has 0 saturated carbocycles. The molecule has 0 atom stereocenters. The third kappa shape index (κ3) is 4.59. The van der Waals surface area contributed by atoms with E-state index >= 15 is 0 Å². The molecule has 7 aromatic carbocycles. The van der Waals surface area contributed by atoms with E-state index in [0.717, 1.165) is 55.5 Å². The van der Waals surface area contributed by atoms with Crippen LogP contribution in [0.5, 0.6) is 0 Å². The first kappa shape index (κ1) is 27.5. The van der Waals surface area contributed by atoms with Gasteiger partial charge in [0, 0.05) is 39.4 Å². The molecule has 0 radical (unpaired) electrons. The van der Waals surface area contributed by atoms with Crippen molar-refractivity contribution < 1.29 is 4.42 Å². The van der Waals surface area contributed by atoms with Crippen molar-refractivity contribution in [2.24, 2.45) is 0 Å². The molecule has 0 fully saturated rings. The maximum atomic E-state index is 6.73. The first-order valence-corrected chi connectivity index (χ1v) is 16.5. The van der Waals surface area contributed by atoms with Gasteiger partial charge in [-0.05, 0) is 50.0 Å². The van der Waals surface area contributed by atoms with Gasteiger partial charge in [0.15, 0.2) is 17.5 Å². The lowest BCUT2D eigenvalue weighted by Crippen LogP contribution is -2.14. The number of para-hydroxylation sites is 1. The minimum absolute atomic E-state index is 0.573. The Morgan fingerprint density at radius 1 is 0.469 bits per heavy atom. The van der Waals surface area contributed by atoms with Gasteiger partial charge in [-0.25, -0.2) is 15.0 Å². The molecule has 5 nitrogen and oxygen atoms in total. The van der Waals surface area contributed by atoms with Gasteiger partial charge in [0.2, 0.25) is 0 Å². The molecule has 5 heteroatoms. The highest BCUT2D eigenvalue weighted by atomic mass is 16.3. The average Bonchev–Trinajstić information content (AvgIpc) is 3.57. The second-order valence-electron chi connectivity index (χ2n) is 12.5. The summed E-state index contributed by atoms with van der Waals surface area (Å²) in [4.78, 5) is 15.2. The van der Waals surface area contributed by atoms with Crippen LogP contribution in [0.2, 0.25) is 0 Å². The van der Waals surface area contributed by atoms with Crippen LogP contribution in [-0.2, 0) is 6.54 Å². The van der Waals surface area contributed by atoms with Crippen molar-refractivity contribution in [1.82, 2.24) is 20.3 Å². The van der Waals surface area contributed by atoms with Crippen LogP contribution in [0, 0.1) is 0 Å². The van der Waals surface area contributed by atoms with Gasteiger partial charge in [0.05, 0.1) is 6.54 Å². The number of nitrogens with zero attached hydrogens (tertiary/aromatic N) is 3. The molecule has 2 aromatic heterocycles. The van der Waals surface area contributed by atoms with E-state index in [-0.39, 0.29) is 0 Å². The second-order valence-corrected chi connectivity index (χ2v) is 12.5. The van der Waals surface area contributed by atoms with E-state index in [1.807, 2.05) is 36.5 Å². The van der Waals surface area contributed by atoms with Crippen molar-refractivity contribution >= 4 is 48.9 Å². The summed E-state index contributed by atoms with van der Waals surface area (Å²) in [6, 6.07) is 50.8. The fraction of sp³-hybridized carbons (Fsp3) is 0.0227. The molecule has 0 unspecified atom stereocenters. The van der Waals surface area contributed by atoms with Crippen molar-refractivity contribution in [2.75, 3.05) is 0 Å². The fourth-order valence-corrected chi connectivity index (χ4v) is 7.15. The normalized spacial score (nSPS) is 12.7. The fourth-order valence-electron chi connectivity index (χ4n) is 7.15. The van der Waals surface area contributed by atoms with E-state index in [0.29, 0.717) is 24.0 Å². The van der Waals surface area contributed by atoms with Gasteiger partial charge in [0.25, 0.3) is 0 Å².